The van der Waals surface area contributed by atoms with E-state index in [4.69, 9.17) is 9.29 Å². The van der Waals surface area contributed by atoms with Crippen molar-refractivity contribution in [1.82, 2.24) is 0 Å². The summed E-state index contributed by atoms with van der Waals surface area (Å²) in [4.78, 5) is 13.7. The van der Waals surface area contributed by atoms with E-state index in [0.717, 1.165) is 6.07 Å². The number of rotatable bonds is 5. The van der Waals surface area contributed by atoms with E-state index >= 15 is 0 Å². The number of methoxy groups -OCH3 is 1. The number of nitrogens with zero attached hydrogens (tertiary/aromatic N) is 1. The number of Topliss-reactive ketones (excluding diaryl/α,β-unsaturated/α-hetero) is 1. The van der Waals surface area contributed by atoms with Gasteiger partial charge in [-0.25, -0.2) is 0 Å². The summed E-state index contributed by atoms with van der Waals surface area (Å²) in [6.45, 7) is 1.21. The zero-order valence-corrected chi connectivity index (χ0v) is 15.2. The molecule has 0 spiro atoms. The van der Waals surface area contributed by atoms with Gasteiger partial charge < -0.3 is 9.84 Å². The summed E-state index contributed by atoms with van der Waals surface area (Å²) >= 11 is 0. The first kappa shape index (κ1) is 19.7. The first-order valence-electron chi connectivity index (χ1n) is 5.13. The Hall–Kier alpha value is -0.294. The second-order valence-electron chi connectivity index (χ2n) is 3.69. The average Bonchev–Trinajstić information content (AvgIpc) is 2.26. The van der Waals surface area contributed by atoms with E-state index in [-0.39, 0.29) is 62.8 Å². The molecule has 0 saturated heterocycles. The Morgan fingerprint density at radius 3 is 2.50 bits per heavy atom. The molecular formula is C11H12KNO6S. The molecule has 0 atom stereocenters. The van der Waals surface area contributed by atoms with Gasteiger partial charge in [0.15, 0.2) is 0 Å². The van der Waals surface area contributed by atoms with Gasteiger partial charge in [-0.05, 0) is 25.0 Å². The van der Waals surface area contributed by atoms with E-state index in [0.29, 0.717) is 0 Å². The molecule has 1 rings (SSSR count). The molecule has 0 saturated carbocycles. The third kappa shape index (κ3) is 6.00. The zero-order valence-electron chi connectivity index (χ0n) is 11.3. The molecule has 0 fully saturated rings. The molecule has 1 aromatic carbocycles. The van der Waals surface area contributed by atoms with E-state index in [2.05, 4.69) is 4.99 Å². The first-order chi connectivity index (χ1) is 8.74. The molecule has 0 bridgehead atoms. The van der Waals surface area contributed by atoms with Crippen molar-refractivity contribution in [2.24, 2.45) is 4.99 Å². The first-order valence-corrected chi connectivity index (χ1v) is 6.57. The minimum Gasteiger partial charge on any atom is -0.861 e. The van der Waals surface area contributed by atoms with Gasteiger partial charge in [0.05, 0.1) is 12.8 Å². The van der Waals surface area contributed by atoms with E-state index < -0.39 is 33.1 Å². The summed E-state index contributed by atoms with van der Waals surface area (Å²) in [5.74, 6) is -0.996. The number of carbonyl (C=O) groups is 1. The predicted octanol–water partition coefficient (Wildman–Crippen LogP) is -2.68. The van der Waals surface area contributed by atoms with Gasteiger partial charge in [-0.15, -0.1) is 0 Å². The number of aliphatic imine (C=N–C) groups is 1. The molecule has 20 heavy (non-hydrogen) atoms. The molecule has 104 valence electrons. The van der Waals surface area contributed by atoms with Crippen LogP contribution in [0.4, 0.5) is 5.69 Å². The van der Waals surface area contributed by atoms with Crippen molar-refractivity contribution < 1.29 is 79.0 Å². The van der Waals surface area contributed by atoms with Crippen LogP contribution in [0, 0.1) is 0 Å². The molecule has 1 N–H and O–H groups in total. The van der Waals surface area contributed by atoms with Crippen molar-refractivity contribution in [3.05, 3.63) is 18.2 Å². The molecule has 0 unspecified atom stereocenters. The fourth-order valence-electron chi connectivity index (χ4n) is 1.31. The summed E-state index contributed by atoms with van der Waals surface area (Å²) in [7, 11) is -3.23. The minimum atomic E-state index is -4.55. The summed E-state index contributed by atoms with van der Waals surface area (Å²) in [5.41, 5.74) is -0.241. The second kappa shape index (κ2) is 8.22. The van der Waals surface area contributed by atoms with Crippen LogP contribution in [0.25, 0.3) is 0 Å². The largest absolute Gasteiger partial charge is 1.00 e. The Bertz CT molecular complexity index is 626. The number of benzene rings is 1. The maximum atomic E-state index is 11.4. The molecule has 0 aliphatic heterocycles. The van der Waals surface area contributed by atoms with Crippen molar-refractivity contribution in [2.45, 2.75) is 18.2 Å². The molecule has 0 aromatic heterocycles. The van der Waals surface area contributed by atoms with Gasteiger partial charge in [0, 0.05) is 12.5 Å². The van der Waals surface area contributed by atoms with Gasteiger partial charge in [0.1, 0.15) is 16.4 Å². The predicted molar refractivity (Wildman–Crippen MR) is 65.2 cm³/mol. The molecule has 0 heterocycles. The average molecular weight is 325 g/mol. The van der Waals surface area contributed by atoms with Crippen molar-refractivity contribution in [2.75, 3.05) is 7.11 Å². The van der Waals surface area contributed by atoms with Gasteiger partial charge in [-0.3, -0.25) is 14.3 Å². The number of hydrogen-bond acceptors (Lipinski definition) is 6. The standard InChI is InChI=1S/C11H13NO6S.K/c1-7(13)5-11(14)12-9-4-3-8(18-2)6-10(9)19(15,16)17;/h3-4,6H,5H2,1-2H3,(H,12,14)(H,15,16,17);/q;+1/p-1. The monoisotopic (exact) mass is 325 g/mol. The van der Waals surface area contributed by atoms with Gasteiger partial charge in [0.2, 0.25) is 0 Å². The summed E-state index contributed by atoms with van der Waals surface area (Å²) in [6, 6.07) is 3.63. The topological polar surface area (TPSA) is 116 Å². The Balaban J connectivity index is 0.00000361. The van der Waals surface area contributed by atoms with E-state index in [1.54, 1.807) is 0 Å². The Morgan fingerprint density at radius 1 is 1.45 bits per heavy atom. The van der Waals surface area contributed by atoms with Crippen LogP contribution in [-0.4, -0.2) is 31.8 Å². The fraction of sp³-hybridized carbons (Fsp3) is 0.273. The van der Waals surface area contributed by atoms with Crippen LogP contribution in [0.5, 0.6) is 5.75 Å². The zero-order chi connectivity index (χ0) is 14.6. The summed E-state index contributed by atoms with van der Waals surface area (Å²) < 4.78 is 36.3. The SMILES string of the molecule is COc1ccc(N=C([O-])CC(C)=O)c(S(=O)(=O)O)c1.[K+]. The third-order valence-electron chi connectivity index (χ3n) is 2.09. The van der Waals surface area contributed by atoms with Gasteiger partial charge in [-0.2, -0.15) is 8.42 Å². The fourth-order valence-corrected chi connectivity index (χ4v) is 1.95. The third-order valence-corrected chi connectivity index (χ3v) is 2.97. The van der Waals surface area contributed by atoms with Crippen LogP contribution in [0.1, 0.15) is 13.3 Å². The van der Waals surface area contributed by atoms with Crippen LogP contribution < -0.4 is 61.2 Å². The number of ketones is 1. The Morgan fingerprint density at radius 2 is 2.05 bits per heavy atom. The number of carbonyl (C=O) groups excluding carboxylic acids is 1. The summed E-state index contributed by atoms with van der Waals surface area (Å²) in [6.07, 6.45) is -0.434. The van der Waals surface area contributed by atoms with Crippen molar-refractivity contribution in [1.29, 1.82) is 0 Å². The number of ether oxygens (including phenoxy) is 1. The van der Waals surface area contributed by atoms with Gasteiger partial charge >= 0.3 is 51.4 Å². The van der Waals surface area contributed by atoms with Crippen LogP contribution in [0.3, 0.4) is 0 Å². The van der Waals surface area contributed by atoms with Gasteiger partial charge in [0.25, 0.3) is 10.1 Å². The quantitative estimate of drug-likeness (QED) is 0.273. The van der Waals surface area contributed by atoms with Crippen LogP contribution >= 0.6 is 0 Å². The molecular weight excluding hydrogens is 313 g/mol. The van der Waals surface area contributed by atoms with Crippen LogP contribution in [0.2, 0.25) is 0 Å². The number of hydrogen-bond donors (Lipinski definition) is 1. The van der Waals surface area contributed by atoms with Crippen LogP contribution in [-0.2, 0) is 14.9 Å². The molecule has 9 heteroatoms. The van der Waals surface area contributed by atoms with Crippen molar-refractivity contribution in [3.63, 3.8) is 0 Å². The van der Waals surface area contributed by atoms with Gasteiger partial charge in [-0.1, -0.05) is 0 Å². The van der Waals surface area contributed by atoms with E-state index in [1.807, 2.05) is 0 Å². The Kier molecular flexibility index (Phi) is 8.10. The Labute approximate surface area is 159 Å². The molecule has 0 aliphatic rings. The molecule has 0 radical (unpaired) electrons. The molecule has 0 amide bonds. The van der Waals surface area contributed by atoms with E-state index in [9.17, 15) is 18.3 Å². The maximum Gasteiger partial charge on any atom is 1.00 e. The maximum absolute atomic E-state index is 11.4. The van der Waals surface area contributed by atoms with Crippen molar-refractivity contribution in [3.8, 4) is 5.75 Å². The molecule has 1 aromatic rings. The summed E-state index contributed by atoms with van der Waals surface area (Å²) in [5, 5.41) is 11.4. The molecule has 7 nitrogen and oxygen atoms in total. The van der Waals surface area contributed by atoms with Crippen molar-refractivity contribution >= 4 is 27.5 Å². The van der Waals surface area contributed by atoms with E-state index in [1.165, 1.54) is 26.2 Å². The minimum absolute atomic E-state index is 0. The smallest absolute Gasteiger partial charge is 0.861 e. The normalized spacial score (nSPS) is 11.7. The van der Waals surface area contributed by atoms with Crippen LogP contribution in [0.15, 0.2) is 28.1 Å². The molecule has 0 aliphatic carbocycles. The second-order valence-corrected chi connectivity index (χ2v) is 5.08.